The van der Waals surface area contributed by atoms with Gasteiger partial charge in [-0.15, -0.1) is 0 Å². The predicted octanol–water partition coefficient (Wildman–Crippen LogP) is 2.59. The van der Waals surface area contributed by atoms with Gasteiger partial charge >= 0.3 is 5.97 Å². The first-order valence-corrected chi connectivity index (χ1v) is 6.88. The van der Waals surface area contributed by atoms with E-state index < -0.39 is 5.97 Å². The van der Waals surface area contributed by atoms with Crippen molar-refractivity contribution >= 4 is 5.97 Å². The third-order valence-electron chi connectivity index (χ3n) is 3.34. The number of aromatic nitrogens is 2. The van der Waals surface area contributed by atoms with E-state index in [9.17, 15) is 9.90 Å². The van der Waals surface area contributed by atoms with Crippen molar-refractivity contribution in [2.45, 2.75) is 33.0 Å². The third-order valence-corrected chi connectivity index (χ3v) is 3.34. The quantitative estimate of drug-likeness (QED) is 0.883. The van der Waals surface area contributed by atoms with Crippen molar-refractivity contribution in [1.82, 2.24) is 14.9 Å². The highest BCUT2D eigenvalue weighted by Crippen LogP contribution is 2.14. The van der Waals surface area contributed by atoms with Crippen LogP contribution in [0.1, 0.15) is 35.5 Å². The monoisotopic (exact) mass is 285 g/mol. The van der Waals surface area contributed by atoms with Crippen LogP contribution in [0.5, 0.6) is 0 Å². The number of carboxylic acids is 1. The topological polar surface area (TPSA) is 66.3 Å². The number of hydrogen-bond acceptors (Lipinski definition) is 4. The molecule has 1 aromatic carbocycles. The van der Waals surface area contributed by atoms with Crippen molar-refractivity contribution in [3.63, 3.8) is 0 Å². The lowest BCUT2D eigenvalue weighted by atomic mass is 10.1. The van der Waals surface area contributed by atoms with Crippen molar-refractivity contribution < 1.29 is 9.90 Å². The molecule has 1 N–H and O–H groups in total. The van der Waals surface area contributed by atoms with Gasteiger partial charge in [0.05, 0.1) is 5.69 Å². The number of benzene rings is 1. The normalized spacial score (nSPS) is 11.0. The van der Waals surface area contributed by atoms with E-state index in [0.29, 0.717) is 12.2 Å². The molecule has 0 spiro atoms. The van der Waals surface area contributed by atoms with Crippen LogP contribution < -0.4 is 0 Å². The second-order valence-corrected chi connectivity index (χ2v) is 5.17. The molecule has 2 aromatic rings. The average molecular weight is 285 g/mol. The Morgan fingerprint density at radius 1 is 1.24 bits per heavy atom. The molecule has 5 heteroatoms. The van der Waals surface area contributed by atoms with Crippen molar-refractivity contribution in [2.75, 3.05) is 0 Å². The summed E-state index contributed by atoms with van der Waals surface area (Å²) in [4.78, 5) is 21.3. The molecule has 0 unspecified atom stereocenters. The second-order valence-electron chi connectivity index (χ2n) is 5.17. The molecule has 0 saturated heterocycles. The number of nitrogens with zero attached hydrogens (tertiary/aromatic N) is 3. The van der Waals surface area contributed by atoms with Crippen molar-refractivity contribution in [1.29, 1.82) is 0 Å². The van der Waals surface area contributed by atoms with Crippen molar-refractivity contribution in [3.8, 4) is 0 Å². The van der Waals surface area contributed by atoms with Gasteiger partial charge in [0, 0.05) is 25.3 Å². The van der Waals surface area contributed by atoms with Crippen LogP contribution in [0.25, 0.3) is 0 Å². The van der Waals surface area contributed by atoms with Crippen molar-refractivity contribution in [2.24, 2.45) is 0 Å². The van der Waals surface area contributed by atoms with Crippen LogP contribution in [0.4, 0.5) is 0 Å². The van der Waals surface area contributed by atoms with Gasteiger partial charge in [0.2, 0.25) is 0 Å². The predicted molar refractivity (Wildman–Crippen MR) is 79.8 cm³/mol. The summed E-state index contributed by atoms with van der Waals surface area (Å²) in [6, 6.07) is 10.4. The average Bonchev–Trinajstić information content (AvgIpc) is 2.48. The Labute approximate surface area is 124 Å². The number of hydrogen-bond donors (Lipinski definition) is 1. The molecule has 1 heterocycles. The molecule has 0 saturated carbocycles. The summed E-state index contributed by atoms with van der Waals surface area (Å²) in [5.41, 5.74) is 1.90. The largest absolute Gasteiger partial charge is 0.478 e. The fraction of sp³-hybridized carbons (Fsp3) is 0.312. The molecule has 110 valence electrons. The van der Waals surface area contributed by atoms with Crippen LogP contribution in [0.3, 0.4) is 0 Å². The Morgan fingerprint density at radius 3 is 2.57 bits per heavy atom. The van der Waals surface area contributed by atoms with E-state index in [1.807, 2.05) is 18.2 Å². The lowest BCUT2D eigenvalue weighted by Crippen LogP contribution is -2.31. The zero-order chi connectivity index (χ0) is 15.2. The first-order valence-electron chi connectivity index (χ1n) is 6.88. The van der Waals surface area contributed by atoms with Gasteiger partial charge in [-0.05, 0) is 19.4 Å². The van der Waals surface area contributed by atoms with E-state index in [1.54, 1.807) is 0 Å². The fourth-order valence-electron chi connectivity index (χ4n) is 2.09. The standard InChI is InChI=1S/C16H19N3O2/c1-12(2)19(9-13-6-4-3-5-7-13)10-15-14(16(20)21)8-17-11-18-15/h3-8,11-12H,9-10H2,1-2H3,(H,20,21). The zero-order valence-corrected chi connectivity index (χ0v) is 12.2. The van der Waals surface area contributed by atoms with Crippen LogP contribution in [0, 0.1) is 0 Å². The number of carbonyl (C=O) groups is 1. The highest BCUT2D eigenvalue weighted by molar-refractivity contribution is 5.88. The van der Waals surface area contributed by atoms with E-state index >= 15 is 0 Å². The van der Waals surface area contributed by atoms with Gasteiger partial charge in [-0.1, -0.05) is 30.3 Å². The van der Waals surface area contributed by atoms with Crippen LogP contribution >= 0.6 is 0 Å². The first-order chi connectivity index (χ1) is 10.1. The van der Waals surface area contributed by atoms with Gasteiger partial charge in [0.15, 0.2) is 0 Å². The zero-order valence-electron chi connectivity index (χ0n) is 12.2. The Kier molecular flexibility index (Phi) is 5.00. The molecule has 0 fully saturated rings. The van der Waals surface area contributed by atoms with Crippen LogP contribution in [0.15, 0.2) is 42.9 Å². The number of carboxylic acid groups (broad SMARTS) is 1. The fourth-order valence-corrected chi connectivity index (χ4v) is 2.09. The minimum Gasteiger partial charge on any atom is -0.478 e. The van der Waals surface area contributed by atoms with E-state index in [2.05, 4.69) is 40.8 Å². The SMILES string of the molecule is CC(C)N(Cc1ccccc1)Cc1ncncc1C(=O)O. The summed E-state index contributed by atoms with van der Waals surface area (Å²) in [6.07, 6.45) is 2.74. The Hall–Kier alpha value is -2.27. The maximum absolute atomic E-state index is 11.2. The van der Waals surface area contributed by atoms with Gasteiger partial charge in [0.1, 0.15) is 11.9 Å². The highest BCUT2D eigenvalue weighted by Gasteiger charge is 2.17. The van der Waals surface area contributed by atoms with Crippen LogP contribution in [-0.2, 0) is 13.1 Å². The number of aromatic carboxylic acids is 1. The van der Waals surface area contributed by atoms with E-state index in [1.165, 1.54) is 18.1 Å². The molecular formula is C16H19N3O2. The van der Waals surface area contributed by atoms with E-state index in [-0.39, 0.29) is 11.6 Å². The minimum absolute atomic E-state index is 0.163. The summed E-state index contributed by atoms with van der Waals surface area (Å²) < 4.78 is 0. The molecule has 2 rings (SSSR count). The highest BCUT2D eigenvalue weighted by atomic mass is 16.4. The maximum Gasteiger partial charge on any atom is 0.339 e. The van der Waals surface area contributed by atoms with E-state index in [4.69, 9.17) is 0 Å². The summed E-state index contributed by atoms with van der Waals surface area (Å²) >= 11 is 0. The summed E-state index contributed by atoms with van der Waals surface area (Å²) in [6.45, 7) is 5.41. The van der Waals surface area contributed by atoms with Crippen LogP contribution in [-0.4, -0.2) is 32.0 Å². The van der Waals surface area contributed by atoms with Crippen molar-refractivity contribution in [3.05, 3.63) is 59.7 Å². The molecule has 5 nitrogen and oxygen atoms in total. The second kappa shape index (κ2) is 6.95. The molecule has 0 aliphatic heterocycles. The molecule has 0 radical (unpaired) electrons. The molecule has 0 bridgehead atoms. The van der Waals surface area contributed by atoms with Gasteiger partial charge in [-0.3, -0.25) is 4.90 Å². The smallest absolute Gasteiger partial charge is 0.339 e. The molecule has 0 atom stereocenters. The summed E-state index contributed by atoms with van der Waals surface area (Å²) in [5.74, 6) is -0.992. The summed E-state index contributed by atoms with van der Waals surface area (Å²) in [7, 11) is 0. The first kappa shape index (κ1) is 15.1. The van der Waals surface area contributed by atoms with Gasteiger partial charge in [-0.25, -0.2) is 14.8 Å². The molecule has 1 aromatic heterocycles. The van der Waals surface area contributed by atoms with Crippen LogP contribution in [0.2, 0.25) is 0 Å². The lowest BCUT2D eigenvalue weighted by molar-refractivity contribution is 0.0692. The molecule has 0 aliphatic rings. The Bertz CT molecular complexity index is 599. The van der Waals surface area contributed by atoms with Gasteiger partial charge < -0.3 is 5.11 Å². The van der Waals surface area contributed by atoms with Gasteiger partial charge in [-0.2, -0.15) is 0 Å². The molecular weight excluding hydrogens is 266 g/mol. The third kappa shape index (κ3) is 4.10. The maximum atomic E-state index is 11.2. The summed E-state index contributed by atoms with van der Waals surface area (Å²) in [5, 5.41) is 9.21. The Balaban J connectivity index is 2.19. The Morgan fingerprint density at radius 2 is 1.95 bits per heavy atom. The number of rotatable bonds is 6. The molecule has 21 heavy (non-hydrogen) atoms. The molecule has 0 amide bonds. The minimum atomic E-state index is -0.992. The van der Waals surface area contributed by atoms with Gasteiger partial charge in [0.25, 0.3) is 0 Å². The lowest BCUT2D eigenvalue weighted by Gasteiger charge is -2.26. The van der Waals surface area contributed by atoms with E-state index in [0.717, 1.165) is 6.54 Å². The molecule has 0 aliphatic carbocycles.